The normalized spacial score (nSPS) is 10.4. The van der Waals surface area contributed by atoms with E-state index in [0.717, 1.165) is 17.7 Å². The van der Waals surface area contributed by atoms with Gasteiger partial charge in [-0.3, -0.25) is 0 Å². The van der Waals surface area contributed by atoms with Crippen molar-refractivity contribution in [3.8, 4) is 11.1 Å². The van der Waals surface area contributed by atoms with Gasteiger partial charge in [0.2, 0.25) is 0 Å². The van der Waals surface area contributed by atoms with Gasteiger partial charge < -0.3 is 5.11 Å². The Bertz CT molecular complexity index is 621. The molecule has 0 aromatic heterocycles. The van der Waals surface area contributed by atoms with E-state index in [4.69, 9.17) is 5.11 Å². The minimum atomic E-state index is -1.25. The van der Waals surface area contributed by atoms with Gasteiger partial charge in [0.1, 0.15) is 11.6 Å². The first-order valence-electron chi connectivity index (χ1n) is 5.28. The fourth-order valence-corrected chi connectivity index (χ4v) is 1.73. The van der Waals surface area contributed by atoms with Crippen molar-refractivity contribution in [1.29, 1.82) is 0 Å². The smallest absolute Gasteiger partial charge is 0.335 e. The monoisotopic (exact) mass is 248 g/mol. The molecule has 0 spiro atoms. The highest BCUT2D eigenvalue weighted by Gasteiger charge is 2.11. The van der Waals surface area contributed by atoms with Crippen LogP contribution in [0.2, 0.25) is 0 Å². The van der Waals surface area contributed by atoms with Gasteiger partial charge in [-0.25, -0.2) is 13.6 Å². The van der Waals surface area contributed by atoms with Crippen molar-refractivity contribution in [2.45, 2.75) is 6.92 Å². The summed E-state index contributed by atoms with van der Waals surface area (Å²) in [6.45, 7) is 1.78. The molecule has 0 heterocycles. The van der Waals surface area contributed by atoms with Crippen LogP contribution in [0, 0.1) is 18.6 Å². The van der Waals surface area contributed by atoms with Gasteiger partial charge in [0.15, 0.2) is 0 Å². The van der Waals surface area contributed by atoms with Crippen molar-refractivity contribution in [3.63, 3.8) is 0 Å². The van der Waals surface area contributed by atoms with Crippen LogP contribution in [0.3, 0.4) is 0 Å². The number of carboxylic acid groups (broad SMARTS) is 1. The predicted octanol–water partition coefficient (Wildman–Crippen LogP) is 3.64. The molecule has 2 aromatic carbocycles. The van der Waals surface area contributed by atoms with Crippen molar-refractivity contribution in [2.24, 2.45) is 0 Å². The molecule has 0 fully saturated rings. The third kappa shape index (κ3) is 2.37. The SMILES string of the molecule is Cc1ccc(F)c(-c2cc(F)cc(C(=O)O)c2)c1. The number of aryl methyl sites for hydroxylation is 1. The quantitative estimate of drug-likeness (QED) is 0.880. The molecular formula is C14H10F2O2. The lowest BCUT2D eigenvalue weighted by Gasteiger charge is -2.06. The van der Waals surface area contributed by atoms with E-state index in [1.807, 2.05) is 0 Å². The summed E-state index contributed by atoms with van der Waals surface area (Å²) in [5.41, 5.74) is 1.02. The number of rotatable bonds is 2. The lowest BCUT2D eigenvalue weighted by atomic mass is 10.0. The van der Waals surface area contributed by atoms with Gasteiger partial charge in [0.05, 0.1) is 5.56 Å². The summed E-state index contributed by atoms with van der Waals surface area (Å²) < 4.78 is 27.0. The number of benzene rings is 2. The number of aromatic carboxylic acids is 1. The van der Waals surface area contributed by atoms with Crippen LogP contribution in [0.1, 0.15) is 15.9 Å². The molecule has 2 rings (SSSR count). The fraction of sp³-hybridized carbons (Fsp3) is 0.0714. The Morgan fingerprint density at radius 2 is 1.83 bits per heavy atom. The van der Waals surface area contributed by atoms with Gasteiger partial charge in [0.25, 0.3) is 0 Å². The van der Waals surface area contributed by atoms with Crippen LogP contribution in [0.15, 0.2) is 36.4 Å². The molecule has 0 amide bonds. The summed E-state index contributed by atoms with van der Waals surface area (Å²) in [7, 11) is 0. The maximum absolute atomic E-state index is 13.6. The molecule has 0 aliphatic heterocycles. The van der Waals surface area contributed by atoms with Gasteiger partial charge in [-0.2, -0.15) is 0 Å². The Kier molecular flexibility index (Phi) is 3.10. The number of halogens is 2. The van der Waals surface area contributed by atoms with Crippen LogP contribution in [0.4, 0.5) is 8.78 Å². The van der Waals surface area contributed by atoms with E-state index in [2.05, 4.69) is 0 Å². The van der Waals surface area contributed by atoms with E-state index in [0.29, 0.717) is 0 Å². The van der Waals surface area contributed by atoms with Crippen LogP contribution >= 0.6 is 0 Å². The largest absolute Gasteiger partial charge is 0.478 e. The fourth-order valence-electron chi connectivity index (χ4n) is 1.73. The van der Waals surface area contributed by atoms with E-state index in [1.165, 1.54) is 12.1 Å². The van der Waals surface area contributed by atoms with E-state index in [-0.39, 0.29) is 16.7 Å². The van der Waals surface area contributed by atoms with E-state index >= 15 is 0 Å². The summed E-state index contributed by atoms with van der Waals surface area (Å²) in [5.74, 6) is -2.46. The average molecular weight is 248 g/mol. The number of carbonyl (C=O) groups is 1. The Labute approximate surface area is 103 Å². The molecule has 0 unspecified atom stereocenters. The van der Waals surface area contributed by atoms with E-state index in [9.17, 15) is 13.6 Å². The molecule has 0 radical (unpaired) electrons. The van der Waals surface area contributed by atoms with E-state index in [1.54, 1.807) is 19.1 Å². The van der Waals surface area contributed by atoms with Gasteiger partial charge in [0, 0.05) is 5.56 Å². The first kappa shape index (κ1) is 12.2. The van der Waals surface area contributed by atoms with Gasteiger partial charge in [-0.1, -0.05) is 11.6 Å². The summed E-state index contributed by atoms with van der Waals surface area (Å²) >= 11 is 0. The molecule has 1 N–H and O–H groups in total. The van der Waals surface area contributed by atoms with Gasteiger partial charge >= 0.3 is 5.97 Å². The molecule has 2 aromatic rings. The minimum Gasteiger partial charge on any atom is -0.478 e. The lowest BCUT2D eigenvalue weighted by Crippen LogP contribution is -1.98. The Hall–Kier alpha value is -2.23. The zero-order chi connectivity index (χ0) is 13.3. The van der Waals surface area contributed by atoms with Crippen LogP contribution in [-0.4, -0.2) is 11.1 Å². The number of hydrogen-bond acceptors (Lipinski definition) is 1. The minimum absolute atomic E-state index is 0.192. The zero-order valence-corrected chi connectivity index (χ0v) is 9.58. The van der Waals surface area contributed by atoms with Crippen molar-refractivity contribution in [2.75, 3.05) is 0 Å². The molecule has 2 nitrogen and oxygen atoms in total. The van der Waals surface area contributed by atoms with Crippen LogP contribution in [0.5, 0.6) is 0 Å². The van der Waals surface area contributed by atoms with Gasteiger partial charge in [-0.05, 0) is 42.8 Å². The van der Waals surface area contributed by atoms with Crippen molar-refractivity contribution in [3.05, 3.63) is 59.2 Å². The summed E-state index contributed by atoms with van der Waals surface area (Å²) in [6, 6.07) is 7.69. The maximum Gasteiger partial charge on any atom is 0.335 e. The third-order valence-electron chi connectivity index (χ3n) is 2.58. The first-order valence-corrected chi connectivity index (χ1v) is 5.28. The second-order valence-electron chi connectivity index (χ2n) is 4.02. The molecule has 18 heavy (non-hydrogen) atoms. The Balaban J connectivity index is 2.63. The van der Waals surface area contributed by atoms with Crippen molar-refractivity contribution in [1.82, 2.24) is 0 Å². The zero-order valence-electron chi connectivity index (χ0n) is 9.58. The van der Waals surface area contributed by atoms with E-state index < -0.39 is 17.6 Å². The predicted molar refractivity (Wildman–Crippen MR) is 63.5 cm³/mol. The molecule has 92 valence electrons. The third-order valence-corrected chi connectivity index (χ3v) is 2.58. The maximum atomic E-state index is 13.6. The van der Waals surface area contributed by atoms with Gasteiger partial charge in [-0.15, -0.1) is 0 Å². The number of carboxylic acids is 1. The molecule has 4 heteroatoms. The highest BCUT2D eigenvalue weighted by atomic mass is 19.1. The highest BCUT2D eigenvalue weighted by molar-refractivity contribution is 5.89. The summed E-state index contributed by atoms with van der Waals surface area (Å²) in [6.07, 6.45) is 0. The molecule has 0 atom stereocenters. The number of hydrogen-bond donors (Lipinski definition) is 1. The Morgan fingerprint density at radius 1 is 1.11 bits per heavy atom. The van der Waals surface area contributed by atoms with Crippen molar-refractivity contribution < 1.29 is 18.7 Å². The van der Waals surface area contributed by atoms with Crippen molar-refractivity contribution >= 4 is 5.97 Å². The molecule has 0 aliphatic carbocycles. The second-order valence-corrected chi connectivity index (χ2v) is 4.02. The summed E-state index contributed by atoms with van der Waals surface area (Å²) in [4.78, 5) is 10.8. The molecule has 0 aliphatic rings. The van der Waals surface area contributed by atoms with Crippen LogP contribution in [-0.2, 0) is 0 Å². The molecule has 0 saturated carbocycles. The molecule has 0 saturated heterocycles. The Morgan fingerprint density at radius 3 is 2.50 bits per heavy atom. The first-order chi connectivity index (χ1) is 8.47. The topological polar surface area (TPSA) is 37.3 Å². The summed E-state index contributed by atoms with van der Waals surface area (Å²) in [5, 5.41) is 8.84. The second kappa shape index (κ2) is 4.56. The average Bonchev–Trinajstić information content (AvgIpc) is 2.31. The molecule has 0 bridgehead atoms. The lowest BCUT2D eigenvalue weighted by molar-refractivity contribution is 0.0696. The molecular weight excluding hydrogens is 238 g/mol. The standard InChI is InChI=1S/C14H10F2O2/c1-8-2-3-13(16)12(4-8)9-5-10(14(17)18)7-11(15)6-9/h2-7H,1H3,(H,17,18). The van der Waals surface area contributed by atoms with Crippen LogP contribution < -0.4 is 0 Å². The highest BCUT2D eigenvalue weighted by Crippen LogP contribution is 2.26. The van der Waals surface area contributed by atoms with Crippen LogP contribution in [0.25, 0.3) is 11.1 Å².